The van der Waals surface area contributed by atoms with Crippen LogP contribution in [-0.2, 0) is 11.3 Å². The molecule has 1 amide bonds. The molecule has 6 heteroatoms. The van der Waals surface area contributed by atoms with Gasteiger partial charge < -0.3 is 4.90 Å². The standard InChI is InChI=1S/C16H24ClN3OS/c1-12-9-18(10-14-3-4-16(17)22-14)11-15(12)20-7-5-19(6-8-20)13(2)21/h3-4,12,15H,5-11H2,1-2H3/t12-,15+/m0/s1. The molecule has 2 fully saturated rings. The van der Waals surface area contributed by atoms with E-state index in [0.717, 1.165) is 50.1 Å². The van der Waals surface area contributed by atoms with Gasteiger partial charge in [-0.25, -0.2) is 0 Å². The van der Waals surface area contributed by atoms with E-state index in [0.29, 0.717) is 12.0 Å². The maximum Gasteiger partial charge on any atom is 0.219 e. The zero-order valence-electron chi connectivity index (χ0n) is 13.3. The lowest BCUT2D eigenvalue weighted by atomic mass is 10.0. The summed E-state index contributed by atoms with van der Waals surface area (Å²) in [6, 6.07) is 4.74. The topological polar surface area (TPSA) is 26.8 Å². The Morgan fingerprint density at radius 2 is 2.00 bits per heavy atom. The van der Waals surface area contributed by atoms with Crippen molar-refractivity contribution in [2.24, 2.45) is 5.92 Å². The Kier molecular flexibility index (Phi) is 5.07. The minimum absolute atomic E-state index is 0.204. The van der Waals surface area contributed by atoms with Crippen LogP contribution in [0.15, 0.2) is 12.1 Å². The predicted octanol–water partition coefficient (Wildman–Crippen LogP) is 2.39. The molecule has 1 aromatic rings. The molecule has 2 aliphatic rings. The normalized spacial score (nSPS) is 27.5. The largest absolute Gasteiger partial charge is 0.340 e. The van der Waals surface area contributed by atoms with Gasteiger partial charge in [0.15, 0.2) is 0 Å². The average Bonchev–Trinajstić information content (AvgIpc) is 3.05. The number of carbonyl (C=O) groups is 1. The van der Waals surface area contributed by atoms with Crippen molar-refractivity contribution in [3.63, 3.8) is 0 Å². The first-order chi connectivity index (χ1) is 10.5. The molecule has 2 saturated heterocycles. The number of halogens is 1. The number of rotatable bonds is 3. The van der Waals surface area contributed by atoms with Crippen LogP contribution in [0, 0.1) is 5.92 Å². The van der Waals surface area contributed by atoms with E-state index in [1.807, 2.05) is 11.0 Å². The van der Waals surface area contributed by atoms with E-state index < -0.39 is 0 Å². The van der Waals surface area contributed by atoms with E-state index in [1.54, 1.807) is 18.3 Å². The van der Waals surface area contributed by atoms with Crippen LogP contribution in [0.2, 0.25) is 4.34 Å². The maximum atomic E-state index is 11.4. The summed E-state index contributed by atoms with van der Waals surface area (Å²) in [7, 11) is 0. The molecule has 0 aromatic carbocycles. The van der Waals surface area contributed by atoms with Gasteiger partial charge in [0.2, 0.25) is 5.91 Å². The molecule has 1 aromatic heterocycles. The third kappa shape index (κ3) is 3.65. The molecule has 0 radical (unpaired) electrons. The number of amides is 1. The van der Waals surface area contributed by atoms with Gasteiger partial charge in [0, 0.05) is 63.7 Å². The molecule has 3 heterocycles. The summed E-state index contributed by atoms with van der Waals surface area (Å²) in [6.07, 6.45) is 0. The molecule has 2 aliphatic heterocycles. The first-order valence-electron chi connectivity index (χ1n) is 7.99. The highest BCUT2D eigenvalue weighted by atomic mass is 35.5. The fraction of sp³-hybridized carbons (Fsp3) is 0.688. The molecule has 0 unspecified atom stereocenters. The second kappa shape index (κ2) is 6.87. The molecule has 3 rings (SSSR count). The number of carbonyl (C=O) groups excluding carboxylic acids is 1. The smallest absolute Gasteiger partial charge is 0.219 e. The van der Waals surface area contributed by atoms with Crippen LogP contribution in [0.25, 0.3) is 0 Å². The Morgan fingerprint density at radius 1 is 1.27 bits per heavy atom. The molecule has 0 bridgehead atoms. The molecule has 0 saturated carbocycles. The second-order valence-corrected chi connectivity index (χ2v) is 8.29. The van der Waals surface area contributed by atoms with E-state index >= 15 is 0 Å². The van der Waals surface area contributed by atoms with Crippen molar-refractivity contribution in [3.8, 4) is 0 Å². The number of piperazine rings is 1. The van der Waals surface area contributed by atoms with Gasteiger partial charge in [0.1, 0.15) is 0 Å². The number of nitrogens with zero attached hydrogens (tertiary/aromatic N) is 3. The first kappa shape index (κ1) is 16.2. The highest BCUT2D eigenvalue weighted by Crippen LogP contribution is 2.27. The molecule has 0 aliphatic carbocycles. The van der Waals surface area contributed by atoms with Gasteiger partial charge in [-0.15, -0.1) is 11.3 Å². The lowest BCUT2D eigenvalue weighted by molar-refractivity contribution is -0.130. The fourth-order valence-corrected chi connectivity index (χ4v) is 4.81. The van der Waals surface area contributed by atoms with Crippen LogP contribution in [0.3, 0.4) is 0 Å². The van der Waals surface area contributed by atoms with Crippen molar-refractivity contribution in [1.82, 2.24) is 14.7 Å². The minimum atomic E-state index is 0.204. The zero-order valence-corrected chi connectivity index (χ0v) is 14.9. The molecule has 0 N–H and O–H groups in total. The summed E-state index contributed by atoms with van der Waals surface area (Å²) in [5.74, 6) is 0.884. The number of hydrogen-bond donors (Lipinski definition) is 0. The van der Waals surface area contributed by atoms with Crippen LogP contribution in [0.1, 0.15) is 18.7 Å². The Balaban J connectivity index is 1.54. The monoisotopic (exact) mass is 341 g/mol. The quantitative estimate of drug-likeness (QED) is 0.844. The van der Waals surface area contributed by atoms with Crippen LogP contribution in [0.4, 0.5) is 0 Å². The van der Waals surface area contributed by atoms with Crippen molar-refractivity contribution < 1.29 is 4.79 Å². The van der Waals surface area contributed by atoms with Crippen molar-refractivity contribution in [1.29, 1.82) is 0 Å². The van der Waals surface area contributed by atoms with Crippen molar-refractivity contribution >= 4 is 28.8 Å². The van der Waals surface area contributed by atoms with Crippen LogP contribution in [0.5, 0.6) is 0 Å². The van der Waals surface area contributed by atoms with Crippen LogP contribution >= 0.6 is 22.9 Å². The van der Waals surface area contributed by atoms with Gasteiger partial charge in [0.25, 0.3) is 0 Å². The van der Waals surface area contributed by atoms with Gasteiger partial charge in [-0.2, -0.15) is 0 Å². The number of thiophene rings is 1. The predicted molar refractivity (Wildman–Crippen MR) is 91.4 cm³/mol. The van der Waals surface area contributed by atoms with Gasteiger partial charge >= 0.3 is 0 Å². The average molecular weight is 342 g/mol. The Bertz CT molecular complexity index is 527. The van der Waals surface area contributed by atoms with Gasteiger partial charge in [-0.1, -0.05) is 18.5 Å². The zero-order chi connectivity index (χ0) is 15.7. The lowest BCUT2D eigenvalue weighted by Crippen LogP contribution is -2.53. The van der Waals surface area contributed by atoms with Crippen LogP contribution < -0.4 is 0 Å². The van der Waals surface area contributed by atoms with E-state index in [1.165, 1.54) is 4.88 Å². The van der Waals surface area contributed by atoms with Gasteiger partial charge in [-0.3, -0.25) is 14.6 Å². The Labute approximate surface area is 141 Å². The van der Waals surface area contributed by atoms with Crippen molar-refractivity contribution in [2.75, 3.05) is 39.3 Å². The molecule has 2 atom stereocenters. The van der Waals surface area contributed by atoms with E-state index in [-0.39, 0.29) is 5.91 Å². The molecular formula is C16H24ClN3OS. The van der Waals surface area contributed by atoms with Gasteiger partial charge in [-0.05, 0) is 18.1 Å². The first-order valence-corrected chi connectivity index (χ1v) is 9.18. The molecule has 22 heavy (non-hydrogen) atoms. The maximum absolute atomic E-state index is 11.4. The summed E-state index contributed by atoms with van der Waals surface area (Å²) in [5.41, 5.74) is 0. The Morgan fingerprint density at radius 3 is 2.59 bits per heavy atom. The second-order valence-electron chi connectivity index (χ2n) is 6.49. The van der Waals surface area contributed by atoms with E-state index in [9.17, 15) is 4.79 Å². The SMILES string of the molecule is CC(=O)N1CCN([C@@H]2CN(Cc3ccc(Cl)s3)C[C@@H]2C)CC1. The fourth-order valence-electron chi connectivity index (χ4n) is 3.68. The third-order valence-electron chi connectivity index (χ3n) is 4.89. The minimum Gasteiger partial charge on any atom is -0.340 e. The summed E-state index contributed by atoms with van der Waals surface area (Å²) < 4.78 is 0.874. The molecule has 122 valence electrons. The van der Waals surface area contributed by atoms with Crippen molar-refractivity contribution in [2.45, 2.75) is 26.4 Å². The lowest BCUT2D eigenvalue weighted by Gasteiger charge is -2.39. The summed E-state index contributed by atoms with van der Waals surface area (Å²) in [6.45, 7) is 11.1. The van der Waals surface area contributed by atoms with Crippen LogP contribution in [-0.4, -0.2) is 65.9 Å². The molecule has 0 spiro atoms. The van der Waals surface area contributed by atoms with E-state index in [2.05, 4.69) is 22.8 Å². The highest BCUT2D eigenvalue weighted by Gasteiger charge is 2.35. The summed E-state index contributed by atoms with van der Waals surface area (Å²) in [4.78, 5) is 19.9. The third-order valence-corrected chi connectivity index (χ3v) is 6.10. The highest BCUT2D eigenvalue weighted by molar-refractivity contribution is 7.16. The molecule has 4 nitrogen and oxygen atoms in total. The summed E-state index contributed by atoms with van der Waals surface area (Å²) in [5, 5.41) is 0. The summed E-state index contributed by atoms with van der Waals surface area (Å²) >= 11 is 7.71. The number of likely N-dealkylation sites (tertiary alicyclic amines) is 1. The van der Waals surface area contributed by atoms with Gasteiger partial charge in [0.05, 0.1) is 4.34 Å². The van der Waals surface area contributed by atoms with E-state index in [4.69, 9.17) is 11.6 Å². The molecular weight excluding hydrogens is 318 g/mol. The van der Waals surface area contributed by atoms with Crippen molar-refractivity contribution in [3.05, 3.63) is 21.3 Å². The number of hydrogen-bond acceptors (Lipinski definition) is 4. The Hall–Kier alpha value is -0.620.